The highest BCUT2D eigenvalue weighted by Gasteiger charge is 2.10. The van der Waals surface area contributed by atoms with Crippen LogP contribution < -0.4 is 5.32 Å². The van der Waals surface area contributed by atoms with Crippen molar-refractivity contribution in [3.05, 3.63) is 46.7 Å². The second-order valence-electron chi connectivity index (χ2n) is 5.52. The number of hydrogen-bond acceptors (Lipinski definition) is 4. The molecule has 21 heavy (non-hydrogen) atoms. The molecule has 2 aromatic heterocycles. The Balaban J connectivity index is 1.78. The van der Waals surface area contributed by atoms with E-state index in [4.69, 9.17) is 0 Å². The molecule has 0 saturated carbocycles. The average molecular weight is 300 g/mol. The quantitative estimate of drug-likeness (QED) is 0.786. The second-order valence-corrected chi connectivity index (χ2v) is 6.64. The Morgan fingerprint density at radius 3 is 2.86 bits per heavy atom. The van der Waals surface area contributed by atoms with E-state index in [1.807, 2.05) is 16.9 Å². The van der Waals surface area contributed by atoms with Crippen molar-refractivity contribution in [3.63, 3.8) is 0 Å². The van der Waals surface area contributed by atoms with Crippen molar-refractivity contribution < 1.29 is 0 Å². The molecule has 0 bridgehead atoms. The number of para-hydroxylation sites is 1. The maximum atomic E-state index is 4.67. The zero-order valence-corrected chi connectivity index (χ0v) is 13.4. The lowest BCUT2D eigenvalue weighted by atomic mass is 10.2. The summed E-state index contributed by atoms with van der Waals surface area (Å²) in [5.74, 6) is 0. The van der Waals surface area contributed by atoms with Crippen molar-refractivity contribution in [1.29, 1.82) is 0 Å². The Labute approximate surface area is 128 Å². The standard InChI is InChI=1S/C16H20N4S/c1-11(2)17-8-13-9-18-20(12(13)3)10-16-19-14-6-4-5-7-15(14)21-16/h4-7,9,11,17H,8,10H2,1-3H3. The molecule has 5 heteroatoms. The van der Waals surface area contributed by atoms with E-state index < -0.39 is 0 Å². The van der Waals surface area contributed by atoms with Crippen LogP contribution in [0.5, 0.6) is 0 Å². The molecule has 4 nitrogen and oxygen atoms in total. The monoisotopic (exact) mass is 300 g/mol. The van der Waals surface area contributed by atoms with Gasteiger partial charge in [0.1, 0.15) is 5.01 Å². The topological polar surface area (TPSA) is 42.7 Å². The van der Waals surface area contributed by atoms with E-state index in [9.17, 15) is 0 Å². The van der Waals surface area contributed by atoms with Gasteiger partial charge in [-0.2, -0.15) is 5.10 Å². The molecule has 1 aromatic carbocycles. The van der Waals surface area contributed by atoms with Gasteiger partial charge in [-0.1, -0.05) is 26.0 Å². The van der Waals surface area contributed by atoms with Crippen LogP contribution in [0, 0.1) is 6.92 Å². The number of hydrogen-bond donors (Lipinski definition) is 1. The SMILES string of the molecule is Cc1c(CNC(C)C)cnn1Cc1nc2ccccc2s1. The molecule has 0 fully saturated rings. The van der Waals surface area contributed by atoms with Gasteiger partial charge in [-0.15, -0.1) is 11.3 Å². The third-order valence-electron chi connectivity index (χ3n) is 3.53. The molecule has 3 rings (SSSR count). The van der Waals surface area contributed by atoms with Gasteiger partial charge in [-0.25, -0.2) is 4.98 Å². The van der Waals surface area contributed by atoms with Crippen LogP contribution in [-0.2, 0) is 13.1 Å². The van der Waals surface area contributed by atoms with Crippen molar-refractivity contribution in [1.82, 2.24) is 20.1 Å². The van der Waals surface area contributed by atoms with Gasteiger partial charge in [0.25, 0.3) is 0 Å². The predicted molar refractivity (Wildman–Crippen MR) is 87.7 cm³/mol. The van der Waals surface area contributed by atoms with Crippen LogP contribution in [0.15, 0.2) is 30.5 Å². The first-order valence-electron chi connectivity index (χ1n) is 7.22. The molecular formula is C16H20N4S. The second kappa shape index (κ2) is 5.95. The predicted octanol–water partition coefficient (Wildman–Crippen LogP) is 3.35. The molecule has 2 heterocycles. The fourth-order valence-corrected chi connectivity index (χ4v) is 3.20. The number of fused-ring (bicyclic) bond motifs is 1. The lowest BCUT2D eigenvalue weighted by Crippen LogP contribution is -2.22. The number of nitrogens with one attached hydrogen (secondary N) is 1. The summed E-state index contributed by atoms with van der Waals surface area (Å²) in [5.41, 5.74) is 3.54. The molecule has 0 unspecified atom stereocenters. The van der Waals surface area contributed by atoms with Crippen LogP contribution in [0.25, 0.3) is 10.2 Å². The molecular weight excluding hydrogens is 280 g/mol. The number of aromatic nitrogens is 3. The van der Waals surface area contributed by atoms with Gasteiger partial charge in [-0.05, 0) is 19.1 Å². The summed E-state index contributed by atoms with van der Waals surface area (Å²) in [4.78, 5) is 4.67. The van der Waals surface area contributed by atoms with Crippen LogP contribution in [0.3, 0.4) is 0 Å². The number of thiazole rings is 1. The third-order valence-corrected chi connectivity index (χ3v) is 4.55. The Hall–Kier alpha value is -1.72. The molecule has 0 aliphatic rings. The highest BCUT2D eigenvalue weighted by Crippen LogP contribution is 2.22. The smallest absolute Gasteiger partial charge is 0.115 e. The van der Waals surface area contributed by atoms with Gasteiger partial charge in [0.05, 0.1) is 23.0 Å². The summed E-state index contributed by atoms with van der Waals surface area (Å²) >= 11 is 1.74. The Morgan fingerprint density at radius 2 is 2.10 bits per heavy atom. The van der Waals surface area contributed by atoms with Crippen molar-refractivity contribution in [3.8, 4) is 0 Å². The molecule has 0 saturated heterocycles. The molecule has 0 spiro atoms. The zero-order valence-electron chi connectivity index (χ0n) is 12.6. The molecule has 0 atom stereocenters. The van der Waals surface area contributed by atoms with Gasteiger partial charge in [0, 0.05) is 23.8 Å². The van der Waals surface area contributed by atoms with Crippen molar-refractivity contribution in [2.75, 3.05) is 0 Å². The molecule has 3 aromatic rings. The molecule has 110 valence electrons. The fraction of sp³-hybridized carbons (Fsp3) is 0.375. The van der Waals surface area contributed by atoms with Gasteiger partial charge in [0.2, 0.25) is 0 Å². The lowest BCUT2D eigenvalue weighted by Gasteiger charge is -2.07. The summed E-state index contributed by atoms with van der Waals surface area (Å²) in [6.07, 6.45) is 1.96. The highest BCUT2D eigenvalue weighted by atomic mass is 32.1. The van der Waals surface area contributed by atoms with E-state index in [0.717, 1.165) is 23.6 Å². The molecule has 0 amide bonds. The first-order chi connectivity index (χ1) is 10.1. The van der Waals surface area contributed by atoms with Gasteiger partial charge >= 0.3 is 0 Å². The summed E-state index contributed by atoms with van der Waals surface area (Å²) in [6.45, 7) is 8.04. The van der Waals surface area contributed by atoms with Gasteiger partial charge in [0.15, 0.2) is 0 Å². The Kier molecular flexibility index (Phi) is 4.03. The first kappa shape index (κ1) is 14.2. The minimum atomic E-state index is 0.483. The van der Waals surface area contributed by atoms with E-state index in [0.29, 0.717) is 6.04 Å². The van der Waals surface area contributed by atoms with Crippen LogP contribution in [-0.4, -0.2) is 20.8 Å². The van der Waals surface area contributed by atoms with E-state index in [-0.39, 0.29) is 0 Å². The highest BCUT2D eigenvalue weighted by molar-refractivity contribution is 7.18. The summed E-state index contributed by atoms with van der Waals surface area (Å²) in [7, 11) is 0. The van der Waals surface area contributed by atoms with Crippen LogP contribution in [0.2, 0.25) is 0 Å². The van der Waals surface area contributed by atoms with Crippen LogP contribution >= 0.6 is 11.3 Å². The van der Waals surface area contributed by atoms with E-state index >= 15 is 0 Å². The Bertz CT molecular complexity index is 709. The summed E-state index contributed by atoms with van der Waals surface area (Å²) in [5, 5.41) is 9.04. The Morgan fingerprint density at radius 1 is 1.29 bits per heavy atom. The van der Waals surface area contributed by atoms with E-state index in [2.05, 4.69) is 54.4 Å². The first-order valence-corrected chi connectivity index (χ1v) is 8.04. The summed E-state index contributed by atoms with van der Waals surface area (Å²) in [6, 6.07) is 8.74. The zero-order chi connectivity index (χ0) is 14.8. The third kappa shape index (κ3) is 3.14. The normalized spacial score (nSPS) is 11.6. The van der Waals surface area contributed by atoms with Gasteiger partial charge < -0.3 is 5.32 Å². The van der Waals surface area contributed by atoms with E-state index in [1.165, 1.54) is 16.0 Å². The minimum Gasteiger partial charge on any atom is -0.310 e. The maximum absolute atomic E-state index is 4.67. The maximum Gasteiger partial charge on any atom is 0.115 e. The van der Waals surface area contributed by atoms with Crippen molar-refractivity contribution in [2.24, 2.45) is 0 Å². The largest absolute Gasteiger partial charge is 0.310 e. The van der Waals surface area contributed by atoms with Crippen molar-refractivity contribution in [2.45, 2.75) is 39.9 Å². The summed E-state index contributed by atoms with van der Waals surface area (Å²) < 4.78 is 3.27. The molecule has 0 radical (unpaired) electrons. The average Bonchev–Trinajstić information content (AvgIpc) is 3.01. The van der Waals surface area contributed by atoms with Crippen LogP contribution in [0.4, 0.5) is 0 Å². The minimum absolute atomic E-state index is 0.483. The van der Waals surface area contributed by atoms with Crippen molar-refractivity contribution >= 4 is 21.6 Å². The van der Waals surface area contributed by atoms with Crippen LogP contribution in [0.1, 0.15) is 30.1 Å². The molecule has 0 aliphatic heterocycles. The fourth-order valence-electron chi connectivity index (χ4n) is 2.25. The number of nitrogens with zero attached hydrogens (tertiary/aromatic N) is 3. The molecule has 0 aliphatic carbocycles. The number of rotatable bonds is 5. The molecule has 1 N–H and O–H groups in total. The number of benzene rings is 1. The van der Waals surface area contributed by atoms with Gasteiger partial charge in [-0.3, -0.25) is 4.68 Å². The van der Waals surface area contributed by atoms with E-state index in [1.54, 1.807) is 11.3 Å². The lowest BCUT2D eigenvalue weighted by molar-refractivity contribution is 0.585.